The Bertz CT molecular complexity index is 482. The smallest absolute Gasteiger partial charge is 0.372 e. The first-order valence-electron chi connectivity index (χ1n) is 6.42. The average Bonchev–Trinajstić information content (AvgIpc) is 2.45. The Morgan fingerprint density at radius 3 is 2.60 bits per heavy atom. The summed E-state index contributed by atoms with van der Waals surface area (Å²) in [7, 11) is 1.65. The fourth-order valence-electron chi connectivity index (χ4n) is 2.36. The zero-order valence-corrected chi connectivity index (χ0v) is 11.1. The van der Waals surface area contributed by atoms with Crippen LogP contribution in [0.25, 0.3) is 0 Å². The molecule has 20 heavy (non-hydrogen) atoms. The molecule has 0 aliphatic carbocycles. The van der Waals surface area contributed by atoms with E-state index in [1.54, 1.807) is 25.4 Å². The molecule has 4 nitrogen and oxygen atoms in total. The van der Waals surface area contributed by atoms with Crippen molar-refractivity contribution in [3.05, 3.63) is 23.9 Å². The zero-order chi connectivity index (χ0) is 14.8. The van der Waals surface area contributed by atoms with E-state index >= 15 is 0 Å². The molecule has 0 bridgehead atoms. The summed E-state index contributed by atoms with van der Waals surface area (Å²) in [6, 6.07) is 3.26. The average molecular weight is 287 g/mol. The Morgan fingerprint density at radius 2 is 2.05 bits per heavy atom. The van der Waals surface area contributed by atoms with Crippen LogP contribution in [-0.2, 0) is 0 Å². The Morgan fingerprint density at radius 1 is 1.40 bits per heavy atom. The lowest BCUT2D eigenvalue weighted by molar-refractivity contribution is -0.183. The van der Waals surface area contributed by atoms with E-state index in [-0.39, 0.29) is 31.8 Å². The van der Waals surface area contributed by atoms with Gasteiger partial charge >= 0.3 is 6.18 Å². The van der Waals surface area contributed by atoms with Gasteiger partial charge in [0.05, 0.1) is 11.5 Å². The summed E-state index contributed by atoms with van der Waals surface area (Å²) in [4.78, 5) is 17.8. The molecule has 0 radical (unpaired) electrons. The maximum Gasteiger partial charge on any atom is 0.391 e. The van der Waals surface area contributed by atoms with E-state index in [1.165, 1.54) is 4.90 Å². The molecule has 1 aromatic heterocycles. The zero-order valence-electron chi connectivity index (χ0n) is 11.1. The van der Waals surface area contributed by atoms with Gasteiger partial charge in [0.1, 0.15) is 5.82 Å². The summed E-state index contributed by atoms with van der Waals surface area (Å²) >= 11 is 0. The van der Waals surface area contributed by atoms with Crippen molar-refractivity contribution in [3.63, 3.8) is 0 Å². The van der Waals surface area contributed by atoms with Crippen LogP contribution in [0.3, 0.4) is 0 Å². The number of piperidine rings is 1. The molecule has 0 saturated carbocycles. The van der Waals surface area contributed by atoms with E-state index < -0.39 is 12.1 Å². The van der Waals surface area contributed by atoms with Gasteiger partial charge in [0.2, 0.25) is 0 Å². The minimum Gasteiger partial charge on any atom is -0.372 e. The molecule has 0 unspecified atom stereocenters. The van der Waals surface area contributed by atoms with Gasteiger partial charge in [0.25, 0.3) is 5.91 Å². The van der Waals surface area contributed by atoms with Gasteiger partial charge in [-0.3, -0.25) is 4.79 Å². The van der Waals surface area contributed by atoms with E-state index in [0.29, 0.717) is 11.4 Å². The molecule has 1 aliphatic rings. The molecule has 110 valence electrons. The number of nitrogens with zero attached hydrogens (tertiary/aromatic N) is 2. The van der Waals surface area contributed by atoms with Crippen molar-refractivity contribution >= 4 is 11.7 Å². The van der Waals surface area contributed by atoms with E-state index in [2.05, 4.69) is 10.3 Å². The van der Waals surface area contributed by atoms with Crippen LogP contribution in [0.15, 0.2) is 18.3 Å². The Labute approximate surface area is 115 Å². The molecule has 1 saturated heterocycles. The largest absolute Gasteiger partial charge is 0.391 e. The number of halogens is 3. The lowest BCUT2D eigenvalue weighted by Gasteiger charge is -2.33. The molecule has 7 heteroatoms. The van der Waals surface area contributed by atoms with Gasteiger partial charge in [-0.2, -0.15) is 13.2 Å². The van der Waals surface area contributed by atoms with Gasteiger partial charge in [0, 0.05) is 26.3 Å². The standard InChI is InChI=1S/C13H16F3N3O/c1-17-11-10(3-2-6-18-11)12(20)19-7-4-9(5-8-19)13(14,15)16/h2-3,6,9H,4-5,7-8H2,1H3,(H,17,18). The van der Waals surface area contributed by atoms with Crippen LogP contribution in [0.5, 0.6) is 0 Å². The highest BCUT2D eigenvalue weighted by molar-refractivity contribution is 5.98. The van der Waals surface area contributed by atoms with Gasteiger partial charge in [-0.15, -0.1) is 0 Å². The monoisotopic (exact) mass is 287 g/mol. The van der Waals surface area contributed by atoms with Crippen LogP contribution < -0.4 is 5.32 Å². The van der Waals surface area contributed by atoms with E-state index in [0.717, 1.165) is 0 Å². The second-order valence-corrected chi connectivity index (χ2v) is 4.76. The number of alkyl halides is 3. The molecule has 1 aliphatic heterocycles. The number of rotatable bonds is 2. The van der Waals surface area contributed by atoms with E-state index in [1.807, 2.05) is 0 Å². The summed E-state index contributed by atoms with van der Waals surface area (Å²) in [6.45, 7) is 0.252. The normalized spacial score (nSPS) is 17.1. The molecular weight excluding hydrogens is 271 g/mol. The summed E-state index contributed by atoms with van der Waals surface area (Å²) in [5.74, 6) is -1.14. The third kappa shape index (κ3) is 3.02. The van der Waals surface area contributed by atoms with Gasteiger partial charge in [-0.05, 0) is 25.0 Å². The number of hydrogen-bond donors (Lipinski definition) is 1. The third-order valence-electron chi connectivity index (χ3n) is 3.52. The fourth-order valence-corrected chi connectivity index (χ4v) is 2.36. The van der Waals surface area contributed by atoms with Crippen molar-refractivity contribution < 1.29 is 18.0 Å². The molecular formula is C13H16F3N3O. The number of pyridine rings is 1. The number of carbonyl (C=O) groups excluding carboxylic acids is 1. The second kappa shape index (κ2) is 5.68. The number of carbonyl (C=O) groups is 1. The number of nitrogens with one attached hydrogen (secondary N) is 1. The first kappa shape index (κ1) is 14.6. The highest BCUT2D eigenvalue weighted by Crippen LogP contribution is 2.34. The number of anilines is 1. The maximum absolute atomic E-state index is 12.6. The number of amides is 1. The first-order valence-corrected chi connectivity index (χ1v) is 6.42. The number of hydrogen-bond acceptors (Lipinski definition) is 3. The van der Waals surface area contributed by atoms with Crippen LogP contribution in [0, 0.1) is 5.92 Å². The predicted molar refractivity (Wildman–Crippen MR) is 68.5 cm³/mol. The van der Waals surface area contributed by atoms with E-state index in [4.69, 9.17) is 0 Å². The molecule has 2 rings (SSSR count). The first-order chi connectivity index (χ1) is 9.43. The van der Waals surface area contributed by atoms with Crippen molar-refractivity contribution in [3.8, 4) is 0 Å². The number of aromatic nitrogens is 1. The van der Waals surface area contributed by atoms with Crippen LogP contribution in [0.2, 0.25) is 0 Å². The Kier molecular flexibility index (Phi) is 4.15. The van der Waals surface area contributed by atoms with Crippen LogP contribution in [0.4, 0.5) is 19.0 Å². The predicted octanol–water partition coefficient (Wildman–Crippen LogP) is 2.54. The fraction of sp³-hybridized carbons (Fsp3) is 0.538. The van der Waals surface area contributed by atoms with Gasteiger partial charge in [-0.25, -0.2) is 4.98 Å². The molecule has 1 fully saturated rings. The van der Waals surface area contributed by atoms with E-state index in [9.17, 15) is 18.0 Å². The molecule has 0 aromatic carbocycles. The van der Waals surface area contributed by atoms with Crippen LogP contribution in [0.1, 0.15) is 23.2 Å². The lowest BCUT2D eigenvalue weighted by Crippen LogP contribution is -2.42. The summed E-state index contributed by atoms with van der Waals surface area (Å²) in [5.41, 5.74) is 0.389. The lowest BCUT2D eigenvalue weighted by atomic mass is 9.96. The topological polar surface area (TPSA) is 45.2 Å². The third-order valence-corrected chi connectivity index (χ3v) is 3.52. The summed E-state index contributed by atoms with van der Waals surface area (Å²) in [5, 5.41) is 2.81. The summed E-state index contributed by atoms with van der Waals surface area (Å²) < 4.78 is 37.8. The van der Waals surface area contributed by atoms with Crippen LogP contribution in [-0.4, -0.2) is 42.1 Å². The van der Waals surface area contributed by atoms with Crippen molar-refractivity contribution in [2.24, 2.45) is 5.92 Å². The maximum atomic E-state index is 12.6. The van der Waals surface area contributed by atoms with Crippen molar-refractivity contribution in [1.82, 2.24) is 9.88 Å². The molecule has 1 N–H and O–H groups in total. The molecule has 2 heterocycles. The Hall–Kier alpha value is -1.79. The SMILES string of the molecule is CNc1ncccc1C(=O)N1CCC(C(F)(F)F)CC1. The van der Waals surface area contributed by atoms with Crippen LogP contribution >= 0.6 is 0 Å². The molecule has 0 atom stereocenters. The van der Waals surface area contributed by atoms with Gasteiger partial charge in [0.15, 0.2) is 0 Å². The molecule has 0 spiro atoms. The quantitative estimate of drug-likeness (QED) is 0.909. The van der Waals surface area contributed by atoms with Crippen molar-refractivity contribution in [2.45, 2.75) is 19.0 Å². The van der Waals surface area contributed by atoms with Crippen molar-refractivity contribution in [1.29, 1.82) is 0 Å². The van der Waals surface area contributed by atoms with Gasteiger partial charge < -0.3 is 10.2 Å². The minimum atomic E-state index is -4.17. The Balaban J connectivity index is 2.05. The summed E-state index contributed by atoms with van der Waals surface area (Å²) in [6.07, 6.45) is -2.69. The molecule has 1 aromatic rings. The van der Waals surface area contributed by atoms with Crippen molar-refractivity contribution in [2.75, 3.05) is 25.5 Å². The second-order valence-electron chi connectivity index (χ2n) is 4.76. The highest BCUT2D eigenvalue weighted by Gasteiger charge is 2.41. The van der Waals surface area contributed by atoms with Gasteiger partial charge in [-0.1, -0.05) is 0 Å². The highest BCUT2D eigenvalue weighted by atomic mass is 19.4. The minimum absolute atomic E-state index is 0.0373. The number of likely N-dealkylation sites (tertiary alicyclic amines) is 1. The molecule has 1 amide bonds.